The van der Waals surface area contributed by atoms with E-state index in [1.54, 1.807) is 12.4 Å². The zero-order valence-corrected chi connectivity index (χ0v) is 54.5. The summed E-state index contributed by atoms with van der Waals surface area (Å²) in [5.74, 6) is 3.47. The minimum Gasteiger partial charge on any atom is -0.248 e. The number of fused-ring (bicyclic) bond motifs is 4. The van der Waals surface area contributed by atoms with Gasteiger partial charge in [-0.05, 0) is 96.6 Å². The Morgan fingerprint density at radius 3 is 1.00 bits per heavy atom. The van der Waals surface area contributed by atoms with Crippen molar-refractivity contribution in [2.75, 3.05) is 0 Å². The molecule has 10 aromatic carbocycles. The van der Waals surface area contributed by atoms with Crippen molar-refractivity contribution in [2.45, 2.75) is 6.92 Å². The van der Waals surface area contributed by atoms with Gasteiger partial charge in [0.25, 0.3) is 0 Å². The molecule has 0 aliphatic carbocycles. The van der Waals surface area contributed by atoms with E-state index < -0.39 is 0 Å². The highest BCUT2D eigenvalue weighted by Crippen LogP contribution is 2.36. The Hall–Kier alpha value is -13.9. The van der Waals surface area contributed by atoms with Gasteiger partial charge in [0, 0.05) is 84.0 Å². The van der Waals surface area contributed by atoms with Crippen LogP contribution in [0.3, 0.4) is 0 Å². The second-order valence-electron chi connectivity index (χ2n) is 24.4. The van der Waals surface area contributed by atoms with Crippen molar-refractivity contribution in [2.24, 2.45) is 9.98 Å². The normalized spacial score (nSPS) is 11.7. The predicted molar refractivity (Wildman–Crippen MR) is 408 cm³/mol. The summed E-state index contributed by atoms with van der Waals surface area (Å²) in [5, 5.41) is 4.12. The molecule has 0 unspecified atom stereocenters. The smallest absolute Gasteiger partial charge is 0.178 e. The van der Waals surface area contributed by atoms with E-state index in [2.05, 4.69) is 199 Å². The van der Waals surface area contributed by atoms with Gasteiger partial charge >= 0.3 is 0 Å². The van der Waals surface area contributed by atoms with Gasteiger partial charge in [-0.25, -0.2) is 64.8 Å². The second-order valence-corrected chi connectivity index (χ2v) is 24.4. The Labute approximate surface area is 581 Å². The predicted octanol–water partition coefficient (Wildman–Crippen LogP) is 20.6. The topological polar surface area (TPSA) is 167 Å². The van der Waals surface area contributed by atoms with E-state index in [0.717, 1.165) is 144 Å². The van der Waals surface area contributed by atoms with Gasteiger partial charge in [0.15, 0.2) is 35.0 Å². The number of allylic oxidation sites excluding steroid dienone is 1. The van der Waals surface area contributed by atoms with E-state index >= 15 is 0 Å². The first-order valence-electron chi connectivity index (χ1n) is 33.1. The van der Waals surface area contributed by atoms with Crippen LogP contribution in [-0.4, -0.2) is 67.4 Å². The average Bonchev–Trinajstić information content (AvgIpc) is 0.801. The van der Waals surface area contributed by atoms with Crippen LogP contribution in [0.2, 0.25) is 0 Å². The van der Waals surface area contributed by atoms with E-state index in [0.29, 0.717) is 46.3 Å². The van der Waals surface area contributed by atoms with E-state index in [1.165, 1.54) is 0 Å². The lowest BCUT2D eigenvalue weighted by Gasteiger charge is -2.11. The fourth-order valence-electron chi connectivity index (χ4n) is 12.5. The zero-order chi connectivity index (χ0) is 67.6. The van der Waals surface area contributed by atoms with E-state index in [4.69, 9.17) is 54.8 Å². The monoisotopic (exact) mass is 1300 g/mol. The van der Waals surface area contributed by atoms with Crippen LogP contribution in [-0.2, 0) is 0 Å². The molecule has 0 atom stereocenters. The van der Waals surface area contributed by atoms with Gasteiger partial charge in [-0.15, -0.1) is 0 Å². The summed E-state index contributed by atoms with van der Waals surface area (Å²) in [6.45, 7) is 5.62. The molecule has 0 aliphatic heterocycles. The molecule has 0 amide bonds. The molecule has 0 fully saturated rings. The highest BCUT2D eigenvalue weighted by Gasteiger charge is 2.18. The molecular formula is C88H57N13. The van der Waals surface area contributed by atoms with Gasteiger partial charge in [-0.2, -0.15) is 0 Å². The summed E-state index contributed by atoms with van der Waals surface area (Å²) in [5.41, 5.74) is 21.4. The lowest BCUT2D eigenvalue weighted by atomic mass is 10.0. The van der Waals surface area contributed by atoms with Crippen LogP contribution in [0.4, 0.5) is 0 Å². The quantitative estimate of drug-likeness (QED) is 0.0751. The summed E-state index contributed by atoms with van der Waals surface area (Å²) in [6, 6.07) is 101. The van der Waals surface area contributed by atoms with Crippen LogP contribution < -0.4 is 0 Å². The number of hydrogen-bond donors (Lipinski definition) is 0. The first-order valence-corrected chi connectivity index (χ1v) is 33.1. The molecule has 0 saturated carbocycles. The van der Waals surface area contributed by atoms with Crippen LogP contribution in [0.1, 0.15) is 12.6 Å². The minimum absolute atomic E-state index is 0.472. The first kappa shape index (κ1) is 60.7. The van der Waals surface area contributed by atoms with Gasteiger partial charge in [-0.3, -0.25) is 0 Å². The van der Waals surface area contributed by atoms with E-state index in [-0.39, 0.29) is 0 Å². The van der Waals surface area contributed by atoms with Crippen molar-refractivity contribution >= 4 is 56.2 Å². The molecule has 0 saturated heterocycles. The summed E-state index contributed by atoms with van der Waals surface area (Å²) in [4.78, 5) is 63.8. The van der Waals surface area contributed by atoms with Crippen molar-refractivity contribution in [1.82, 2.24) is 54.8 Å². The summed E-state index contributed by atoms with van der Waals surface area (Å²) >= 11 is 0. The highest BCUT2D eigenvalue weighted by atomic mass is 15.0. The standard InChI is InChI=1S/C88H57N13/c1-3-48-90-87(89-2)75-45-41-62-31-37-70(52-79(62)94-75)68-35-29-60-39-43-72(92-77(60)50-68)55-19-23-58(24-20-55)81-54-82(98-83(97-81)64-13-7-4-8-14-64)59-25-21-57(22-26-59)74-47-49-91-88(96-74)76-46-42-63-32-38-71(53-80(63)95-76)69-36-30-61-40-44-73(93-78(61)51-69)56-27-33-67(34-28-56)86-100-84(65-15-9-5-10-16-65)99-85(101-86)66-17-11-6-12-18-66/h3-54H,2H2,1H3/b48-3-,90-87?. The molecule has 0 radical (unpaired) electrons. The second kappa shape index (κ2) is 26.6. The Balaban J connectivity index is 0.606. The largest absolute Gasteiger partial charge is 0.248 e. The highest BCUT2D eigenvalue weighted by molar-refractivity contribution is 6.02. The Morgan fingerprint density at radius 1 is 0.267 bits per heavy atom. The maximum atomic E-state index is 5.19. The molecule has 0 N–H and O–H groups in total. The van der Waals surface area contributed by atoms with E-state index in [1.807, 2.05) is 128 Å². The first-order chi connectivity index (χ1) is 49.8. The molecule has 101 heavy (non-hydrogen) atoms. The molecular weight excluding hydrogens is 1240 g/mol. The van der Waals surface area contributed by atoms with Gasteiger partial charge < -0.3 is 0 Å². The summed E-state index contributed by atoms with van der Waals surface area (Å²) in [6.07, 6.45) is 5.33. The van der Waals surface area contributed by atoms with Gasteiger partial charge in [0.2, 0.25) is 0 Å². The summed E-state index contributed by atoms with van der Waals surface area (Å²) in [7, 11) is 0. The number of nitrogens with zero attached hydrogens (tertiary/aromatic N) is 13. The van der Waals surface area contributed by atoms with Crippen molar-refractivity contribution in [3.63, 3.8) is 0 Å². The zero-order valence-electron chi connectivity index (χ0n) is 54.5. The maximum Gasteiger partial charge on any atom is 0.178 e. The number of benzene rings is 10. The minimum atomic E-state index is 0.472. The van der Waals surface area contributed by atoms with Crippen molar-refractivity contribution in [3.8, 4) is 136 Å². The van der Waals surface area contributed by atoms with Gasteiger partial charge in [0.05, 0.1) is 50.5 Å². The van der Waals surface area contributed by atoms with Crippen molar-refractivity contribution < 1.29 is 0 Å². The van der Waals surface area contributed by atoms with Crippen LogP contribution in [0.5, 0.6) is 0 Å². The molecule has 0 spiro atoms. The summed E-state index contributed by atoms with van der Waals surface area (Å²) < 4.78 is 0. The maximum absolute atomic E-state index is 5.19. The van der Waals surface area contributed by atoms with Gasteiger partial charge in [-0.1, -0.05) is 243 Å². The van der Waals surface area contributed by atoms with Gasteiger partial charge in [0.1, 0.15) is 11.4 Å². The number of aliphatic imine (C=N–C) groups is 2. The van der Waals surface area contributed by atoms with Crippen LogP contribution in [0.25, 0.3) is 179 Å². The lowest BCUT2D eigenvalue weighted by molar-refractivity contribution is 1.07. The van der Waals surface area contributed by atoms with E-state index in [9.17, 15) is 0 Å². The number of rotatable bonds is 14. The lowest BCUT2D eigenvalue weighted by Crippen LogP contribution is -2.00. The number of aromatic nitrogens is 11. The molecule has 0 bridgehead atoms. The Kier molecular flexibility index (Phi) is 16.0. The van der Waals surface area contributed by atoms with Crippen molar-refractivity contribution in [1.29, 1.82) is 0 Å². The molecule has 474 valence electrons. The van der Waals surface area contributed by atoms with Crippen LogP contribution >= 0.6 is 0 Å². The third-order valence-electron chi connectivity index (χ3n) is 17.9. The molecule has 17 rings (SSSR count). The van der Waals surface area contributed by atoms with Crippen LogP contribution in [0.15, 0.2) is 326 Å². The Bertz CT molecular complexity index is 6030. The SMILES string of the molecule is C=NC(=N/C=C\C)c1ccc2ccc(-c3ccc4ccc(-c5ccc(-c6cc(-c7ccc(-c8ccnc(-c9ccc%10ccc(-c%11ccc%12ccc(-c%13ccc(-c%14nc(-c%15ccccc%15)nc(-c%15ccccc%15)n%14)cc%13)nc%12c%11)cc%10n9)n8)cc7)nc(-c7ccccc7)n6)cc5)nc4c3)cc2n1. The molecule has 7 heterocycles. The molecule has 13 heteroatoms. The van der Waals surface area contributed by atoms with Crippen molar-refractivity contribution in [3.05, 3.63) is 321 Å². The van der Waals surface area contributed by atoms with Crippen LogP contribution in [0, 0.1) is 0 Å². The number of amidine groups is 1. The fourth-order valence-corrected chi connectivity index (χ4v) is 12.5. The fraction of sp³-hybridized carbons (Fsp3) is 0.0114. The average molecular weight is 1300 g/mol. The molecule has 13 nitrogen and oxygen atoms in total. The number of hydrogen-bond acceptors (Lipinski definition) is 12. The molecule has 17 aromatic rings. The third-order valence-corrected chi connectivity index (χ3v) is 17.9. The number of pyridine rings is 4. The third kappa shape index (κ3) is 12.6. The molecule has 0 aliphatic rings. The Morgan fingerprint density at radius 2 is 0.584 bits per heavy atom. The molecule has 7 aromatic heterocycles.